The average molecular weight is 403 g/mol. The molecule has 1 heterocycles. The summed E-state index contributed by atoms with van der Waals surface area (Å²) < 4.78 is 10.9. The fraction of sp³-hybridized carbons (Fsp3) is 0.318. The summed E-state index contributed by atoms with van der Waals surface area (Å²) in [4.78, 5) is 12.6. The monoisotopic (exact) mass is 402 g/mol. The molecular weight excluding hydrogens is 376 g/mol. The summed E-state index contributed by atoms with van der Waals surface area (Å²) in [5.74, 6) is 1.16. The first-order valence-corrected chi connectivity index (χ1v) is 8.95. The molecule has 1 aliphatic rings. The molecule has 0 saturated carbocycles. The summed E-state index contributed by atoms with van der Waals surface area (Å²) in [5.41, 5.74) is 4.49. The van der Waals surface area contributed by atoms with Crippen molar-refractivity contribution in [3.63, 3.8) is 0 Å². The van der Waals surface area contributed by atoms with Gasteiger partial charge < -0.3 is 20.1 Å². The highest BCUT2D eigenvalue weighted by molar-refractivity contribution is 6.04. The largest absolute Gasteiger partial charge is 0.493 e. The first kappa shape index (κ1) is 21.6. The summed E-state index contributed by atoms with van der Waals surface area (Å²) in [6.45, 7) is 6.19. The van der Waals surface area contributed by atoms with Crippen molar-refractivity contribution in [2.75, 3.05) is 19.5 Å². The Morgan fingerprint density at radius 1 is 1.14 bits per heavy atom. The summed E-state index contributed by atoms with van der Waals surface area (Å²) in [6, 6.07) is 11.6. The van der Waals surface area contributed by atoms with Gasteiger partial charge in [-0.2, -0.15) is 0 Å². The summed E-state index contributed by atoms with van der Waals surface area (Å²) in [5, 5.41) is 6.43. The number of amides is 1. The molecule has 2 aromatic rings. The highest BCUT2D eigenvalue weighted by Crippen LogP contribution is 2.37. The van der Waals surface area contributed by atoms with Gasteiger partial charge >= 0.3 is 0 Å². The normalized spacial score (nSPS) is 15.7. The van der Waals surface area contributed by atoms with E-state index in [4.69, 9.17) is 9.47 Å². The van der Waals surface area contributed by atoms with E-state index in [1.807, 2.05) is 43.3 Å². The van der Waals surface area contributed by atoms with E-state index in [1.165, 1.54) is 0 Å². The number of hydrogen-bond acceptors (Lipinski definition) is 4. The molecule has 0 bridgehead atoms. The Bertz CT molecular complexity index is 907. The van der Waals surface area contributed by atoms with Crippen molar-refractivity contribution >= 4 is 29.7 Å². The second-order valence-corrected chi connectivity index (χ2v) is 7.41. The van der Waals surface area contributed by atoms with Crippen LogP contribution in [0, 0.1) is 6.92 Å². The number of aryl methyl sites for hydroxylation is 1. The van der Waals surface area contributed by atoms with Crippen molar-refractivity contribution < 1.29 is 14.3 Å². The van der Waals surface area contributed by atoms with Crippen molar-refractivity contribution in [1.29, 1.82) is 0 Å². The molecule has 0 radical (unpaired) electrons. The van der Waals surface area contributed by atoms with Crippen molar-refractivity contribution in [2.24, 2.45) is 0 Å². The van der Waals surface area contributed by atoms with E-state index < -0.39 is 0 Å². The third kappa shape index (κ3) is 4.60. The van der Waals surface area contributed by atoms with Gasteiger partial charge in [-0.05, 0) is 56.5 Å². The van der Waals surface area contributed by atoms with Gasteiger partial charge in [0.15, 0.2) is 11.5 Å². The number of rotatable bonds is 4. The standard InChI is InChI=1S/C22H26N2O3.ClH/c1-14-8-6-7-9-17(14)23-21(25)12-18-16-11-20(27-5)19(26-4)10-15(16)13-22(2,3)24-18;/h6-12,24H,13H2,1-5H3,(H,23,25);1H. The molecule has 2 aromatic carbocycles. The third-order valence-corrected chi connectivity index (χ3v) is 4.68. The Kier molecular flexibility index (Phi) is 6.62. The molecule has 2 N–H and O–H groups in total. The Hall–Kier alpha value is -2.66. The average Bonchev–Trinajstić information content (AvgIpc) is 2.61. The zero-order valence-electron chi connectivity index (χ0n) is 16.9. The molecule has 0 fully saturated rings. The molecule has 5 nitrogen and oxygen atoms in total. The molecule has 0 atom stereocenters. The molecule has 0 aliphatic carbocycles. The van der Waals surface area contributed by atoms with Crippen LogP contribution in [0.15, 0.2) is 42.5 Å². The van der Waals surface area contributed by atoms with Crippen molar-refractivity contribution in [3.8, 4) is 11.5 Å². The van der Waals surface area contributed by atoms with Crippen LogP contribution in [0.5, 0.6) is 11.5 Å². The van der Waals surface area contributed by atoms with Gasteiger partial charge in [0.05, 0.1) is 14.2 Å². The molecular formula is C22H27ClN2O3. The van der Waals surface area contributed by atoms with E-state index in [-0.39, 0.29) is 23.9 Å². The van der Waals surface area contributed by atoms with E-state index >= 15 is 0 Å². The topological polar surface area (TPSA) is 59.6 Å². The van der Waals surface area contributed by atoms with E-state index in [2.05, 4.69) is 24.5 Å². The first-order valence-electron chi connectivity index (χ1n) is 8.95. The van der Waals surface area contributed by atoms with Crippen LogP contribution < -0.4 is 20.1 Å². The lowest BCUT2D eigenvalue weighted by atomic mass is 9.85. The molecule has 3 rings (SSSR count). The zero-order valence-corrected chi connectivity index (χ0v) is 17.7. The fourth-order valence-corrected chi connectivity index (χ4v) is 3.40. The van der Waals surface area contributed by atoms with Gasteiger partial charge in [0.1, 0.15) is 0 Å². The Labute approximate surface area is 172 Å². The second kappa shape index (κ2) is 8.57. The van der Waals surface area contributed by atoms with Crippen molar-refractivity contribution in [1.82, 2.24) is 5.32 Å². The predicted octanol–water partition coefficient (Wildman–Crippen LogP) is 4.34. The lowest BCUT2D eigenvalue weighted by Crippen LogP contribution is -2.44. The fourth-order valence-electron chi connectivity index (χ4n) is 3.40. The highest BCUT2D eigenvalue weighted by atomic mass is 35.5. The van der Waals surface area contributed by atoms with E-state index in [0.29, 0.717) is 11.5 Å². The molecule has 0 aromatic heterocycles. The van der Waals surface area contributed by atoms with Gasteiger partial charge in [-0.25, -0.2) is 0 Å². The maximum atomic E-state index is 12.6. The quantitative estimate of drug-likeness (QED) is 0.747. The van der Waals surface area contributed by atoms with E-state index in [9.17, 15) is 4.79 Å². The van der Waals surface area contributed by atoms with Crippen molar-refractivity contribution in [3.05, 3.63) is 59.2 Å². The van der Waals surface area contributed by atoms with Crippen LogP contribution in [0.4, 0.5) is 5.69 Å². The molecule has 0 unspecified atom stereocenters. The van der Waals surface area contributed by atoms with Crippen LogP contribution in [-0.4, -0.2) is 25.7 Å². The van der Waals surface area contributed by atoms with E-state index in [0.717, 1.165) is 34.5 Å². The van der Waals surface area contributed by atoms with Crippen LogP contribution in [0.25, 0.3) is 5.70 Å². The SMILES string of the molecule is COc1cc2c(cc1OC)C(=CC(=O)Nc1ccccc1C)NC(C)(C)C2.Cl. The number of carbonyl (C=O) groups excluding carboxylic acids is 1. The molecule has 0 saturated heterocycles. The number of carbonyl (C=O) groups is 1. The first-order chi connectivity index (χ1) is 12.8. The zero-order chi connectivity index (χ0) is 19.6. The minimum Gasteiger partial charge on any atom is -0.493 e. The van der Waals surface area contributed by atoms with Crippen LogP contribution >= 0.6 is 12.4 Å². The van der Waals surface area contributed by atoms with Crippen LogP contribution in [-0.2, 0) is 11.2 Å². The Morgan fingerprint density at radius 2 is 1.79 bits per heavy atom. The maximum absolute atomic E-state index is 12.6. The minimum atomic E-state index is -0.179. The molecule has 1 aliphatic heterocycles. The smallest absolute Gasteiger partial charge is 0.250 e. The van der Waals surface area contributed by atoms with Crippen LogP contribution in [0.3, 0.4) is 0 Å². The van der Waals surface area contributed by atoms with E-state index in [1.54, 1.807) is 20.3 Å². The summed E-state index contributed by atoms with van der Waals surface area (Å²) in [6.07, 6.45) is 2.43. The summed E-state index contributed by atoms with van der Waals surface area (Å²) in [7, 11) is 3.24. The lowest BCUT2D eigenvalue weighted by Gasteiger charge is -2.36. The second-order valence-electron chi connectivity index (χ2n) is 7.41. The van der Waals surface area contributed by atoms with Gasteiger partial charge in [0, 0.05) is 28.6 Å². The van der Waals surface area contributed by atoms with Gasteiger partial charge in [-0.15, -0.1) is 12.4 Å². The molecule has 6 heteroatoms. The summed E-state index contributed by atoms with van der Waals surface area (Å²) >= 11 is 0. The molecule has 150 valence electrons. The number of fused-ring (bicyclic) bond motifs is 1. The number of methoxy groups -OCH3 is 2. The third-order valence-electron chi connectivity index (χ3n) is 4.68. The number of nitrogens with one attached hydrogen (secondary N) is 2. The number of anilines is 1. The van der Waals surface area contributed by atoms with Gasteiger partial charge in [0.25, 0.3) is 0 Å². The number of para-hydroxylation sites is 1. The van der Waals surface area contributed by atoms with Gasteiger partial charge in [0.2, 0.25) is 5.91 Å². The number of halogens is 1. The van der Waals surface area contributed by atoms with Crippen molar-refractivity contribution in [2.45, 2.75) is 32.7 Å². The molecule has 28 heavy (non-hydrogen) atoms. The van der Waals surface area contributed by atoms with Gasteiger partial charge in [-0.3, -0.25) is 4.79 Å². The van der Waals surface area contributed by atoms with Crippen LogP contribution in [0.1, 0.15) is 30.5 Å². The van der Waals surface area contributed by atoms with Gasteiger partial charge in [-0.1, -0.05) is 18.2 Å². The lowest BCUT2D eigenvalue weighted by molar-refractivity contribution is -0.111. The molecule has 0 spiro atoms. The molecule has 1 amide bonds. The van der Waals surface area contributed by atoms with Crippen LogP contribution in [0.2, 0.25) is 0 Å². The minimum absolute atomic E-state index is 0. The Balaban J connectivity index is 0.00000280. The number of ether oxygens (including phenoxy) is 2. The predicted molar refractivity (Wildman–Crippen MR) is 115 cm³/mol. The maximum Gasteiger partial charge on any atom is 0.250 e. The number of benzene rings is 2. The highest BCUT2D eigenvalue weighted by Gasteiger charge is 2.29. The Morgan fingerprint density at radius 3 is 2.43 bits per heavy atom. The number of hydrogen-bond donors (Lipinski definition) is 2.